The van der Waals surface area contributed by atoms with E-state index in [9.17, 15) is 18.1 Å². The molecular formula is C15H32O4S. The zero-order valence-corrected chi connectivity index (χ0v) is 13.9. The minimum atomic E-state index is -4.39. The number of rotatable bonds is 13. The molecule has 5 heteroatoms. The zero-order chi connectivity index (χ0) is 15.5. The molecule has 0 aliphatic carbocycles. The Hall–Kier alpha value is -0.130. The molecule has 1 unspecified atom stereocenters. The lowest BCUT2D eigenvalue weighted by molar-refractivity contribution is 0.0884. The van der Waals surface area contributed by atoms with Crippen LogP contribution in [0.3, 0.4) is 0 Å². The fraction of sp³-hybridized carbons (Fsp3) is 1.00. The Bertz CT molecular complexity index is 327. The first kappa shape index (κ1) is 19.9. The molecule has 0 aromatic rings. The van der Waals surface area contributed by atoms with E-state index in [1.165, 1.54) is 12.8 Å². The lowest BCUT2D eigenvalue weighted by Crippen LogP contribution is -2.38. The molecule has 0 bridgehead atoms. The second-order valence-corrected chi connectivity index (χ2v) is 7.46. The zero-order valence-electron chi connectivity index (χ0n) is 13.1. The van der Waals surface area contributed by atoms with E-state index in [1.54, 1.807) is 0 Å². The van der Waals surface area contributed by atoms with Gasteiger partial charge >= 0.3 is 0 Å². The highest BCUT2D eigenvalue weighted by Gasteiger charge is 2.39. The van der Waals surface area contributed by atoms with Crippen LogP contribution in [-0.4, -0.2) is 23.0 Å². The van der Waals surface area contributed by atoms with E-state index < -0.39 is 15.1 Å². The molecule has 0 aliphatic heterocycles. The van der Waals surface area contributed by atoms with Gasteiger partial charge in [-0.25, -0.2) is 0 Å². The monoisotopic (exact) mass is 308 g/mol. The molecule has 0 radical (unpaired) electrons. The highest BCUT2D eigenvalue weighted by molar-refractivity contribution is 7.87. The largest absolute Gasteiger partial charge is 0.372 e. The van der Waals surface area contributed by atoms with Crippen LogP contribution in [0.2, 0.25) is 0 Å². The molecule has 0 saturated heterocycles. The summed E-state index contributed by atoms with van der Waals surface area (Å²) in [6.07, 6.45) is 10.0. The van der Waals surface area contributed by atoms with E-state index in [-0.39, 0.29) is 12.8 Å². The van der Waals surface area contributed by atoms with Gasteiger partial charge in [-0.1, -0.05) is 65.2 Å². The molecule has 20 heavy (non-hydrogen) atoms. The van der Waals surface area contributed by atoms with E-state index >= 15 is 0 Å². The lowest BCUT2D eigenvalue weighted by Gasteiger charge is -2.24. The molecule has 1 atom stereocenters. The summed E-state index contributed by atoms with van der Waals surface area (Å²) >= 11 is 0. The van der Waals surface area contributed by atoms with Gasteiger partial charge in [0.15, 0.2) is 4.93 Å². The van der Waals surface area contributed by atoms with Crippen molar-refractivity contribution < 1.29 is 18.1 Å². The molecule has 4 nitrogen and oxygen atoms in total. The van der Waals surface area contributed by atoms with Gasteiger partial charge in [-0.15, -0.1) is 0 Å². The van der Waals surface area contributed by atoms with E-state index in [1.807, 2.05) is 0 Å². The number of hydrogen-bond donors (Lipinski definition) is 2. The van der Waals surface area contributed by atoms with Crippen LogP contribution >= 0.6 is 0 Å². The Morgan fingerprint density at radius 3 is 1.50 bits per heavy atom. The molecule has 0 rings (SSSR count). The molecule has 2 N–H and O–H groups in total. The van der Waals surface area contributed by atoms with Crippen LogP contribution in [0.4, 0.5) is 0 Å². The summed E-state index contributed by atoms with van der Waals surface area (Å²) in [7, 11) is -4.39. The summed E-state index contributed by atoms with van der Waals surface area (Å²) in [4.78, 5) is -1.94. The van der Waals surface area contributed by atoms with Crippen molar-refractivity contribution >= 4 is 10.1 Å². The third-order valence-electron chi connectivity index (χ3n) is 3.82. The van der Waals surface area contributed by atoms with Crippen LogP contribution in [0.1, 0.15) is 90.9 Å². The molecule has 0 aromatic heterocycles. The Labute approximate surface area is 124 Å². The lowest BCUT2D eigenvalue weighted by atomic mass is 10.0. The average Bonchev–Trinajstić information content (AvgIpc) is 2.37. The van der Waals surface area contributed by atoms with Gasteiger partial charge in [-0.3, -0.25) is 4.55 Å². The van der Waals surface area contributed by atoms with Crippen molar-refractivity contribution in [2.75, 3.05) is 0 Å². The fourth-order valence-corrected chi connectivity index (χ4v) is 3.20. The summed E-state index contributed by atoms with van der Waals surface area (Å²) in [5, 5.41) is 10.2. The molecule has 0 aliphatic rings. The first-order valence-electron chi connectivity index (χ1n) is 8.06. The highest BCUT2D eigenvalue weighted by atomic mass is 32.2. The first-order valence-corrected chi connectivity index (χ1v) is 9.51. The topological polar surface area (TPSA) is 74.6 Å². The van der Waals surface area contributed by atoms with Gasteiger partial charge in [-0.2, -0.15) is 8.42 Å². The molecule has 0 fully saturated rings. The van der Waals surface area contributed by atoms with Gasteiger partial charge in [0.1, 0.15) is 0 Å². The predicted molar refractivity (Wildman–Crippen MR) is 83.3 cm³/mol. The van der Waals surface area contributed by atoms with Crippen molar-refractivity contribution in [2.45, 2.75) is 95.8 Å². The summed E-state index contributed by atoms with van der Waals surface area (Å²) in [5.41, 5.74) is 0. The maximum Gasteiger partial charge on any atom is 0.294 e. The molecule has 0 heterocycles. The molecule has 0 aromatic carbocycles. The van der Waals surface area contributed by atoms with Gasteiger partial charge in [-0.05, 0) is 25.7 Å². The fourth-order valence-electron chi connectivity index (χ4n) is 2.39. The van der Waals surface area contributed by atoms with Gasteiger partial charge in [0, 0.05) is 0 Å². The van der Waals surface area contributed by atoms with Crippen molar-refractivity contribution in [2.24, 2.45) is 0 Å². The predicted octanol–water partition coefficient (Wildman–Crippen LogP) is 4.28. The Balaban J connectivity index is 4.14. The first-order chi connectivity index (χ1) is 9.37. The number of unbranched alkanes of at least 4 members (excludes halogenated alkanes) is 8. The number of hydrogen-bond acceptors (Lipinski definition) is 3. The van der Waals surface area contributed by atoms with E-state index in [0.29, 0.717) is 12.8 Å². The minimum Gasteiger partial charge on any atom is -0.372 e. The molecular weight excluding hydrogens is 276 g/mol. The maximum atomic E-state index is 11.4. The highest BCUT2D eigenvalue weighted by Crippen LogP contribution is 2.27. The molecule has 0 saturated carbocycles. The van der Waals surface area contributed by atoms with E-state index in [4.69, 9.17) is 0 Å². The average molecular weight is 308 g/mol. The van der Waals surface area contributed by atoms with Gasteiger partial charge in [0.05, 0.1) is 0 Å². The quantitative estimate of drug-likeness (QED) is 0.393. The summed E-state index contributed by atoms with van der Waals surface area (Å²) in [6, 6.07) is 0. The second kappa shape index (κ2) is 10.6. The van der Waals surface area contributed by atoms with E-state index in [2.05, 4.69) is 13.8 Å². The summed E-state index contributed by atoms with van der Waals surface area (Å²) < 4.78 is 32.0. The third-order valence-corrected chi connectivity index (χ3v) is 5.19. The standard InChI is InChI=1S/C15H32O4S/c1-3-5-7-9-10-12-14-15(16,20(17,18)19)13-11-8-6-4-2/h16H,3-14H2,1-2H3,(H,17,18,19). The SMILES string of the molecule is CCCCCCCCC(O)(CCCCCC)S(=O)(=O)O. The maximum absolute atomic E-state index is 11.4. The molecule has 122 valence electrons. The summed E-state index contributed by atoms with van der Waals surface area (Å²) in [6.45, 7) is 4.22. The van der Waals surface area contributed by atoms with Crippen molar-refractivity contribution in [3.63, 3.8) is 0 Å². The Kier molecular flexibility index (Phi) is 10.5. The Morgan fingerprint density at radius 2 is 1.10 bits per heavy atom. The van der Waals surface area contributed by atoms with Crippen LogP contribution < -0.4 is 0 Å². The van der Waals surface area contributed by atoms with Crippen LogP contribution in [0.15, 0.2) is 0 Å². The second-order valence-electron chi connectivity index (χ2n) is 5.75. The Morgan fingerprint density at radius 1 is 0.750 bits per heavy atom. The molecule has 0 amide bonds. The van der Waals surface area contributed by atoms with Crippen molar-refractivity contribution in [3.05, 3.63) is 0 Å². The van der Waals surface area contributed by atoms with Crippen LogP contribution in [0.25, 0.3) is 0 Å². The van der Waals surface area contributed by atoms with Crippen LogP contribution in [0, 0.1) is 0 Å². The molecule has 0 spiro atoms. The van der Waals surface area contributed by atoms with Crippen molar-refractivity contribution in [3.8, 4) is 0 Å². The van der Waals surface area contributed by atoms with Crippen LogP contribution in [0.5, 0.6) is 0 Å². The van der Waals surface area contributed by atoms with E-state index in [0.717, 1.165) is 38.5 Å². The smallest absolute Gasteiger partial charge is 0.294 e. The van der Waals surface area contributed by atoms with Crippen molar-refractivity contribution in [1.29, 1.82) is 0 Å². The van der Waals surface area contributed by atoms with Gasteiger partial charge in [0.2, 0.25) is 0 Å². The normalized spacial score (nSPS) is 15.2. The van der Waals surface area contributed by atoms with Gasteiger partial charge in [0.25, 0.3) is 10.1 Å². The third kappa shape index (κ3) is 8.22. The van der Waals surface area contributed by atoms with Crippen LogP contribution in [-0.2, 0) is 10.1 Å². The van der Waals surface area contributed by atoms with Crippen molar-refractivity contribution in [1.82, 2.24) is 0 Å². The minimum absolute atomic E-state index is 0.140. The number of aliphatic hydroxyl groups is 1. The van der Waals surface area contributed by atoms with Gasteiger partial charge < -0.3 is 5.11 Å². The summed E-state index contributed by atoms with van der Waals surface area (Å²) in [5.74, 6) is 0.